The quantitative estimate of drug-likeness (QED) is 0.642. The molecule has 4 nitrogen and oxygen atoms in total. The first-order valence-corrected chi connectivity index (χ1v) is 5.40. The topological polar surface area (TPSA) is 51.2 Å². The number of esters is 1. The second-order valence-electron chi connectivity index (χ2n) is 3.54. The number of nitrogens with zero attached hydrogens (tertiary/aromatic N) is 1. The number of pyridine rings is 1. The van der Waals surface area contributed by atoms with Crippen LogP contribution in [0.15, 0.2) is 18.3 Å². The second kappa shape index (κ2) is 6.35. The zero-order valence-electron chi connectivity index (χ0n) is 10.00. The Kier molecular flexibility index (Phi) is 5.08. The van der Waals surface area contributed by atoms with E-state index in [9.17, 15) is 22.4 Å². The lowest BCUT2D eigenvalue weighted by atomic mass is 10.2. The summed E-state index contributed by atoms with van der Waals surface area (Å²) >= 11 is 0. The Labute approximate surface area is 106 Å². The minimum atomic E-state index is -4.20. The third kappa shape index (κ3) is 4.08. The highest BCUT2D eigenvalue weighted by Gasteiger charge is 2.40. The Hall–Kier alpha value is -1.86. The summed E-state index contributed by atoms with van der Waals surface area (Å²) in [6, 6.07) is 2.70. The first-order valence-electron chi connectivity index (χ1n) is 5.40. The van der Waals surface area contributed by atoms with Crippen molar-refractivity contribution in [3.63, 3.8) is 0 Å². The molecule has 0 aliphatic heterocycles. The fraction of sp³-hybridized carbons (Fsp3) is 0.455. The Morgan fingerprint density at radius 1 is 1.53 bits per heavy atom. The molecule has 8 heteroatoms. The number of carbonyl (C=O) groups is 1. The van der Waals surface area contributed by atoms with Crippen LogP contribution in [-0.2, 0) is 4.74 Å². The number of alkyl halides is 4. The van der Waals surface area contributed by atoms with Crippen molar-refractivity contribution < 1.29 is 27.1 Å². The highest BCUT2D eigenvalue weighted by atomic mass is 19.3. The van der Waals surface area contributed by atoms with Gasteiger partial charge in [-0.1, -0.05) is 0 Å². The van der Waals surface area contributed by atoms with Crippen LogP contribution < -0.4 is 5.32 Å². The molecule has 0 spiro atoms. The number of rotatable bonds is 6. The van der Waals surface area contributed by atoms with E-state index in [1.165, 1.54) is 18.3 Å². The predicted octanol–water partition coefficient (Wildman–Crippen LogP) is 2.57. The van der Waals surface area contributed by atoms with Gasteiger partial charge in [-0.15, -0.1) is 0 Å². The van der Waals surface area contributed by atoms with Crippen molar-refractivity contribution in [1.82, 2.24) is 4.98 Å². The van der Waals surface area contributed by atoms with Gasteiger partial charge in [-0.25, -0.2) is 18.6 Å². The van der Waals surface area contributed by atoms with Crippen molar-refractivity contribution in [2.75, 3.05) is 18.5 Å². The summed E-state index contributed by atoms with van der Waals surface area (Å²) in [5, 5.41) is 2.03. The van der Waals surface area contributed by atoms with Gasteiger partial charge in [0.25, 0.3) is 0 Å². The summed E-state index contributed by atoms with van der Waals surface area (Å²) in [5.41, 5.74) is -0.0885. The Bertz CT molecular complexity index is 440. The molecule has 0 bridgehead atoms. The monoisotopic (exact) mass is 280 g/mol. The van der Waals surface area contributed by atoms with Crippen molar-refractivity contribution in [1.29, 1.82) is 0 Å². The van der Waals surface area contributed by atoms with Gasteiger partial charge in [0.15, 0.2) is 0 Å². The van der Waals surface area contributed by atoms with Crippen LogP contribution in [0.4, 0.5) is 23.4 Å². The molecule has 0 aliphatic rings. The largest absolute Gasteiger partial charge is 0.462 e. The van der Waals surface area contributed by atoms with E-state index in [1.807, 2.05) is 5.32 Å². The molecular formula is C11H12F4N2O2. The van der Waals surface area contributed by atoms with E-state index in [1.54, 1.807) is 6.92 Å². The highest BCUT2D eigenvalue weighted by Crippen LogP contribution is 2.23. The molecule has 0 amide bonds. The zero-order chi connectivity index (χ0) is 14.5. The third-order valence-corrected chi connectivity index (χ3v) is 2.11. The van der Waals surface area contributed by atoms with Gasteiger partial charge in [-0.05, 0) is 19.1 Å². The molecule has 0 aliphatic carbocycles. The first-order chi connectivity index (χ1) is 8.88. The van der Waals surface area contributed by atoms with E-state index in [0.717, 1.165) is 0 Å². The second-order valence-corrected chi connectivity index (χ2v) is 3.54. The summed E-state index contributed by atoms with van der Waals surface area (Å²) in [6.07, 6.45) is -2.55. The SMILES string of the molecule is CCOC(=O)c1cccnc1NCC(F)(F)C(F)F. The summed E-state index contributed by atoms with van der Waals surface area (Å²) in [4.78, 5) is 15.1. The van der Waals surface area contributed by atoms with Crippen molar-refractivity contribution in [2.24, 2.45) is 0 Å². The molecule has 1 rings (SSSR count). The summed E-state index contributed by atoms with van der Waals surface area (Å²) < 4.78 is 54.2. The minimum absolute atomic E-state index is 0.0885. The first kappa shape index (κ1) is 15.2. The molecule has 0 fully saturated rings. The zero-order valence-corrected chi connectivity index (χ0v) is 10.00. The lowest BCUT2D eigenvalue weighted by Gasteiger charge is -2.17. The smallest absolute Gasteiger partial charge is 0.341 e. The highest BCUT2D eigenvalue weighted by molar-refractivity contribution is 5.94. The van der Waals surface area contributed by atoms with Crippen molar-refractivity contribution in [3.8, 4) is 0 Å². The Morgan fingerprint density at radius 2 is 2.21 bits per heavy atom. The molecule has 0 saturated heterocycles. The van der Waals surface area contributed by atoms with E-state index < -0.39 is 24.9 Å². The van der Waals surface area contributed by atoms with Gasteiger partial charge in [-0.3, -0.25) is 0 Å². The standard InChI is InChI=1S/C11H12F4N2O2/c1-2-19-9(18)7-4-3-5-16-8(7)17-6-11(14,15)10(12)13/h3-5,10H,2,6H2,1H3,(H,16,17). The van der Waals surface area contributed by atoms with Gasteiger partial charge in [0.2, 0.25) is 0 Å². The lowest BCUT2D eigenvalue weighted by molar-refractivity contribution is -0.117. The average molecular weight is 280 g/mol. The number of hydrogen-bond acceptors (Lipinski definition) is 4. The summed E-state index contributed by atoms with van der Waals surface area (Å²) in [6.45, 7) is 0.348. The molecule has 0 aromatic carbocycles. The number of nitrogens with one attached hydrogen (secondary N) is 1. The van der Waals surface area contributed by atoms with Gasteiger partial charge < -0.3 is 10.1 Å². The molecule has 0 radical (unpaired) electrons. The molecule has 1 aromatic heterocycles. The van der Waals surface area contributed by atoms with Gasteiger partial charge in [-0.2, -0.15) is 8.78 Å². The normalized spacial score (nSPS) is 11.5. The number of ether oxygens (including phenoxy) is 1. The van der Waals surface area contributed by atoms with Crippen LogP contribution in [0.5, 0.6) is 0 Å². The maximum atomic E-state index is 12.8. The Morgan fingerprint density at radius 3 is 2.79 bits per heavy atom. The van der Waals surface area contributed by atoms with Gasteiger partial charge in [0.05, 0.1) is 13.2 Å². The molecule has 1 aromatic rings. The van der Waals surface area contributed by atoms with Gasteiger partial charge in [0, 0.05) is 6.20 Å². The van der Waals surface area contributed by atoms with Crippen LogP contribution in [0.25, 0.3) is 0 Å². The molecule has 1 heterocycles. The van der Waals surface area contributed by atoms with E-state index >= 15 is 0 Å². The molecule has 0 saturated carbocycles. The van der Waals surface area contributed by atoms with E-state index in [4.69, 9.17) is 4.74 Å². The van der Waals surface area contributed by atoms with Crippen LogP contribution >= 0.6 is 0 Å². The average Bonchev–Trinajstić information content (AvgIpc) is 2.37. The number of aromatic nitrogens is 1. The predicted molar refractivity (Wildman–Crippen MR) is 59.6 cm³/mol. The number of carbonyl (C=O) groups excluding carboxylic acids is 1. The lowest BCUT2D eigenvalue weighted by Crippen LogP contribution is -2.35. The van der Waals surface area contributed by atoms with Crippen LogP contribution in [0, 0.1) is 0 Å². The van der Waals surface area contributed by atoms with E-state index in [-0.39, 0.29) is 18.0 Å². The third-order valence-electron chi connectivity index (χ3n) is 2.11. The van der Waals surface area contributed by atoms with E-state index in [2.05, 4.69) is 4.98 Å². The molecule has 106 valence electrons. The van der Waals surface area contributed by atoms with E-state index in [0.29, 0.717) is 0 Å². The number of hydrogen-bond donors (Lipinski definition) is 1. The molecule has 0 atom stereocenters. The molecular weight excluding hydrogens is 268 g/mol. The molecule has 1 N–H and O–H groups in total. The Balaban J connectivity index is 2.82. The maximum absolute atomic E-state index is 12.8. The van der Waals surface area contributed by atoms with Crippen LogP contribution in [0.1, 0.15) is 17.3 Å². The number of halogens is 4. The minimum Gasteiger partial charge on any atom is -0.462 e. The number of anilines is 1. The van der Waals surface area contributed by atoms with Crippen molar-refractivity contribution >= 4 is 11.8 Å². The molecule has 19 heavy (non-hydrogen) atoms. The summed E-state index contributed by atoms with van der Waals surface area (Å²) in [5.74, 6) is -5.19. The van der Waals surface area contributed by atoms with Gasteiger partial charge >= 0.3 is 18.3 Å². The fourth-order valence-corrected chi connectivity index (χ4v) is 1.20. The van der Waals surface area contributed by atoms with Crippen molar-refractivity contribution in [3.05, 3.63) is 23.9 Å². The van der Waals surface area contributed by atoms with Crippen LogP contribution in [0.3, 0.4) is 0 Å². The van der Waals surface area contributed by atoms with Crippen molar-refractivity contribution in [2.45, 2.75) is 19.3 Å². The summed E-state index contributed by atoms with van der Waals surface area (Å²) in [7, 11) is 0. The maximum Gasteiger partial charge on any atom is 0.341 e. The van der Waals surface area contributed by atoms with Gasteiger partial charge in [0.1, 0.15) is 11.4 Å². The van der Waals surface area contributed by atoms with Crippen LogP contribution in [-0.4, -0.2) is 36.5 Å². The molecule has 0 unspecified atom stereocenters. The van der Waals surface area contributed by atoms with Crippen LogP contribution in [0.2, 0.25) is 0 Å². The fourth-order valence-electron chi connectivity index (χ4n) is 1.20.